The standard InChI is InChI=1S/C16H11BrN2O2/c17-13-3-1-11-8-14(4-2-10(11)7-13)19-15-9-12(16(20)21)5-6-18-15/h1-9H,(H,18,19)(H,20,21). The summed E-state index contributed by atoms with van der Waals surface area (Å²) in [6, 6.07) is 15.0. The van der Waals surface area contributed by atoms with Gasteiger partial charge >= 0.3 is 5.97 Å². The van der Waals surface area contributed by atoms with Crippen LogP contribution in [0.4, 0.5) is 11.5 Å². The third-order valence-corrected chi connectivity index (χ3v) is 3.57. The van der Waals surface area contributed by atoms with E-state index in [-0.39, 0.29) is 5.56 Å². The summed E-state index contributed by atoms with van der Waals surface area (Å²) in [6.07, 6.45) is 1.48. The SMILES string of the molecule is O=C(O)c1ccnc(Nc2ccc3cc(Br)ccc3c2)c1. The van der Waals surface area contributed by atoms with E-state index >= 15 is 0 Å². The molecule has 0 atom stereocenters. The topological polar surface area (TPSA) is 62.2 Å². The number of hydrogen-bond donors (Lipinski definition) is 2. The lowest BCUT2D eigenvalue weighted by atomic mass is 10.1. The number of carboxylic acid groups (broad SMARTS) is 1. The normalized spacial score (nSPS) is 10.5. The zero-order chi connectivity index (χ0) is 14.8. The van der Waals surface area contributed by atoms with Gasteiger partial charge in [0.1, 0.15) is 5.82 Å². The van der Waals surface area contributed by atoms with Crippen LogP contribution in [0.2, 0.25) is 0 Å². The zero-order valence-electron chi connectivity index (χ0n) is 10.9. The number of pyridine rings is 1. The number of fused-ring (bicyclic) bond motifs is 1. The van der Waals surface area contributed by atoms with Crippen LogP contribution in [-0.2, 0) is 0 Å². The van der Waals surface area contributed by atoms with Crippen molar-refractivity contribution >= 4 is 44.2 Å². The minimum atomic E-state index is -0.969. The summed E-state index contributed by atoms with van der Waals surface area (Å²) < 4.78 is 1.03. The van der Waals surface area contributed by atoms with Crippen LogP contribution in [0.25, 0.3) is 10.8 Å². The molecule has 1 heterocycles. The molecule has 1 aromatic heterocycles. The summed E-state index contributed by atoms with van der Waals surface area (Å²) in [7, 11) is 0. The predicted molar refractivity (Wildman–Crippen MR) is 86.1 cm³/mol. The molecule has 0 spiro atoms. The quantitative estimate of drug-likeness (QED) is 0.738. The van der Waals surface area contributed by atoms with E-state index in [0.29, 0.717) is 5.82 Å². The number of halogens is 1. The lowest BCUT2D eigenvalue weighted by molar-refractivity contribution is 0.0697. The largest absolute Gasteiger partial charge is 0.478 e. The maximum atomic E-state index is 11.0. The number of aromatic carboxylic acids is 1. The van der Waals surface area contributed by atoms with Crippen LogP contribution in [0.15, 0.2) is 59.2 Å². The molecular formula is C16H11BrN2O2. The minimum Gasteiger partial charge on any atom is -0.478 e. The molecule has 2 N–H and O–H groups in total. The molecule has 0 aliphatic heterocycles. The number of nitrogens with zero attached hydrogens (tertiary/aromatic N) is 1. The Hall–Kier alpha value is -2.40. The number of carboxylic acids is 1. The molecule has 5 heteroatoms. The van der Waals surface area contributed by atoms with Crippen molar-refractivity contribution in [1.82, 2.24) is 4.98 Å². The second kappa shape index (κ2) is 5.54. The summed E-state index contributed by atoms with van der Waals surface area (Å²) >= 11 is 3.44. The molecule has 0 bridgehead atoms. The van der Waals surface area contributed by atoms with Gasteiger partial charge in [-0.25, -0.2) is 9.78 Å². The van der Waals surface area contributed by atoms with Crippen LogP contribution in [0.3, 0.4) is 0 Å². The van der Waals surface area contributed by atoms with Crippen LogP contribution in [0, 0.1) is 0 Å². The molecule has 0 amide bonds. The second-order valence-corrected chi connectivity index (χ2v) is 5.48. The van der Waals surface area contributed by atoms with Crippen LogP contribution in [0.1, 0.15) is 10.4 Å². The van der Waals surface area contributed by atoms with Gasteiger partial charge in [-0.2, -0.15) is 0 Å². The average Bonchev–Trinajstić information content (AvgIpc) is 2.48. The fourth-order valence-electron chi connectivity index (χ4n) is 2.07. The molecule has 0 radical (unpaired) electrons. The number of benzene rings is 2. The summed E-state index contributed by atoms with van der Waals surface area (Å²) in [5.74, 6) is -0.463. The maximum Gasteiger partial charge on any atom is 0.335 e. The van der Waals surface area contributed by atoms with Gasteiger partial charge in [0, 0.05) is 16.4 Å². The van der Waals surface area contributed by atoms with E-state index in [9.17, 15) is 4.79 Å². The van der Waals surface area contributed by atoms with Crippen molar-refractivity contribution < 1.29 is 9.90 Å². The highest BCUT2D eigenvalue weighted by Gasteiger charge is 2.05. The van der Waals surface area contributed by atoms with E-state index in [1.807, 2.05) is 36.4 Å². The highest BCUT2D eigenvalue weighted by atomic mass is 79.9. The van der Waals surface area contributed by atoms with Gasteiger partial charge in [-0.05, 0) is 47.2 Å². The van der Waals surface area contributed by atoms with Gasteiger partial charge in [-0.15, -0.1) is 0 Å². The number of rotatable bonds is 3. The van der Waals surface area contributed by atoms with E-state index in [2.05, 4.69) is 26.2 Å². The third-order valence-electron chi connectivity index (χ3n) is 3.08. The van der Waals surface area contributed by atoms with Crippen molar-refractivity contribution in [2.45, 2.75) is 0 Å². The molecule has 0 fully saturated rings. The Balaban J connectivity index is 1.92. The van der Waals surface area contributed by atoms with Crippen molar-refractivity contribution in [3.05, 3.63) is 64.8 Å². The van der Waals surface area contributed by atoms with Gasteiger partial charge in [0.25, 0.3) is 0 Å². The van der Waals surface area contributed by atoms with Crippen molar-refractivity contribution in [3.63, 3.8) is 0 Å². The molecule has 0 aliphatic carbocycles. The third kappa shape index (κ3) is 3.03. The highest BCUT2D eigenvalue weighted by Crippen LogP contribution is 2.24. The number of carbonyl (C=O) groups is 1. The van der Waals surface area contributed by atoms with E-state index in [0.717, 1.165) is 20.9 Å². The lowest BCUT2D eigenvalue weighted by Crippen LogP contribution is -1.99. The molecule has 21 heavy (non-hydrogen) atoms. The summed E-state index contributed by atoms with van der Waals surface area (Å²) in [6.45, 7) is 0. The molecule has 3 aromatic rings. The summed E-state index contributed by atoms with van der Waals surface area (Å²) in [5.41, 5.74) is 1.07. The first-order chi connectivity index (χ1) is 10.1. The van der Waals surface area contributed by atoms with E-state index in [1.54, 1.807) is 0 Å². The minimum absolute atomic E-state index is 0.206. The van der Waals surface area contributed by atoms with Crippen LogP contribution < -0.4 is 5.32 Å². The Labute approximate surface area is 129 Å². The number of hydrogen-bond acceptors (Lipinski definition) is 3. The molecule has 0 saturated carbocycles. The van der Waals surface area contributed by atoms with Crippen LogP contribution >= 0.6 is 15.9 Å². The van der Waals surface area contributed by atoms with Gasteiger partial charge in [-0.3, -0.25) is 0 Å². The Morgan fingerprint density at radius 3 is 2.62 bits per heavy atom. The number of aromatic nitrogens is 1. The molecule has 4 nitrogen and oxygen atoms in total. The summed E-state index contributed by atoms with van der Waals surface area (Å²) in [5, 5.41) is 14.3. The molecule has 104 valence electrons. The Morgan fingerprint density at radius 2 is 1.81 bits per heavy atom. The average molecular weight is 343 g/mol. The molecule has 0 aliphatic rings. The van der Waals surface area contributed by atoms with Gasteiger partial charge in [0.15, 0.2) is 0 Å². The monoisotopic (exact) mass is 342 g/mol. The fourth-order valence-corrected chi connectivity index (χ4v) is 2.45. The van der Waals surface area contributed by atoms with Gasteiger partial charge < -0.3 is 10.4 Å². The molecule has 0 unspecified atom stereocenters. The molecular weight excluding hydrogens is 332 g/mol. The predicted octanol–water partition coefficient (Wildman–Crippen LogP) is 4.44. The maximum absolute atomic E-state index is 11.0. The van der Waals surface area contributed by atoms with E-state index < -0.39 is 5.97 Å². The molecule has 0 saturated heterocycles. The van der Waals surface area contributed by atoms with Crippen molar-refractivity contribution in [1.29, 1.82) is 0 Å². The smallest absolute Gasteiger partial charge is 0.335 e. The first-order valence-corrected chi connectivity index (χ1v) is 7.07. The lowest BCUT2D eigenvalue weighted by Gasteiger charge is -2.07. The first kappa shape index (κ1) is 13.6. The summed E-state index contributed by atoms with van der Waals surface area (Å²) in [4.78, 5) is 15.1. The van der Waals surface area contributed by atoms with Crippen LogP contribution in [-0.4, -0.2) is 16.1 Å². The Kier molecular flexibility index (Phi) is 3.58. The van der Waals surface area contributed by atoms with E-state index in [1.165, 1.54) is 18.3 Å². The van der Waals surface area contributed by atoms with Gasteiger partial charge in [-0.1, -0.05) is 28.1 Å². The number of nitrogens with one attached hydrogen (secondary N) is 1. The fraction of sp³-hybridized carbons (Fsp3) is 0. The van der Waals surface area contributed by atoms with Gasteiger partial charge in [0.2, 0.25) is 0 Å². The van der Waals surface area contributed by atoms with Crippen molar-refractivity contribution in [3.8, 4) is 0 Å². The molecule has 3 rings (SSSR count). The second-order valence-electron chi connectivity index (χ2n) is 4.57. The van der Waals surface area contributed by atoms with Crippen molar-refractivity contribution in [2.75, 3.05) is 5.32 Å². The highest BCUT2D eigenvalue weighted by molar-refractivity contribution is 9.10. The first-order valence-electron chi connectivity index (χ1n) is 6.27. The van der Waals surface area contributed by atoms with Crippen molar-refractivity contribution in [2.24, 2.45) is 0 Å². The van der Waals surface area contributed by atoms with E-state index in [4.69, 9.17) is 5.11 Å². The number of anilines is 2. The zero-order valence-corrected chi connectivity index (χ0v) is 12.5. The Bertz CT molecular complexity index is 833. The van der Waals surface area contributed by atoms with Gasteiger partial charge in [0.05, 0.1) is 5.56 Å². The molecule has 2 aromatic carbocycles. The van der Waals surface area contributed by atoms with Crippen LogP contribution in [0.5, 0.6) is 0 Å². The Morgan fingerprint density at radius 1 is 1.05 bits per heavy atom.